The molecule has 1 fully saturated rings. The molecule has 9 heteroatoms. The van der Waals surface area contributed by atoms with Gasteiger partial charge in [0.15, 0.2) is 0 Å². The zero-order valence-electron chi connectivity index (χ0n) is 16.6. The lowest BCUT2D eigenvalue weighted by molar-refractivity contribution is -0.115. The number of carbonyl (C=O) groups is 2. The fraction of sp³-hybridized carbons (Fsp3) is 0.0909. The van der Waals surface area contributed by atoms with Crippen LogP contribution in [0.1, 0.15) is 13.8 Å². The van der Waals surface area contributed by atoms with Crippen molar-refractivity contribution in [2.75, 3.05) is 10.0 Å². The van der Waals surface area contributed by atoms with Crippen LogP contribution in [-0.4, -0.2) is 23.2 Å². The fourth-order valence-electron chi connectivity index (χ4n) is 3.35. The number of thioether (sulfide) groups is 1. The van der Waals surface area contributed by atoms with Crippen molar-refractivity contribution in [1.82, 2.24) is 0 Å². The Balaban J connectivity index is 1.45. The van der Waals surface area contributed by atoms with Gasteiger partial charge in [0.1, 0.15) is 0 Å². The second kappa shape index (κ2) is 8.07. The summed E-state index contributed by atoms with van der Waals surface area (Å²) in [5.41, 5.74) is 3.97. The molecule has 3 aliphatic rings. The molecule has 0 aliphatic carbocycles. The Morgan fingerprint density at radius 3 is 1.42 bits per heavy atom. The Kier molecular flexibility index (Phi) is 5.25. The summed E-state index contributed by atoms with van der Waals surface area (Å²) in [4.78, 5) is 26.2. The molecule has 3 aliphatic heterocycles. The van der Waals surface area contributed by atoms with Gasteiger partial charge in [-0.25, -0.2) is 0 Å². The van der Waals surface area contributed by atoms with Gasteiger partial charge in [-0.3, -0.25) is 9.59 Å². The summed E-state index contributed by atoms with van der Waals surface area (Å²) in [5.74, 6) is -0.306. The zero-order valence-corrected chi connectivity index (χ0v) is 19.1. The number of para-hydroxylation sites is 2. The van der Waals surface area contributed by atoms with E-state index in [0.717, 1.165) is 19.8 Å². The van der Waals surface area contributed by atoms with E-state index in [2.05, 4.69) is 10.2 Å². The van der Waals surface area contributed by atoms with E-state index in [1.807, 2.05) is 74.5 Å². The molecule has 0 bridgehead atoms. The van der Waals surface area contributed by atoms with Gasteiger partial charge in [0, 0.05) is 0 Å². The van der Waals surface area contributed by atoms with Crippen LogP contribution in [0.15, 0.2) is 90.5 Å². The van der Waals surface area contributed by atoms with Crippen molar-refractivity contribution in [2.45, 2.75) is 13.8 Å². The van der Waals surface area contributed by atoms with E-state index in [-0.39, 0.29) is 11.8 Å². The highest BCUT2D eigenvalue weighted by atomic mass is 33.1. The monoisotopic (exact) mass is 464 g/mol. The maximum Gasteiger partial charge on any atom is 0.282 e. The van der Waals surface area contributed by atoms with Crippen LogP contribution >= 0.6 is 33.3 Å². The van der Waals surface area contributed by atoms with Crippen LogP contribution in [0.5, 0.6) is 0 Å². The molecule has 0 aromatic heterocycles. The minimum atomic E-state index is -0.153. The van der Waals surface area contributed by atoms with Gasteiger partial charge in [-0.2, -0.15) is 20.2 Å². The summed E-state index contributed by atoms with van der Waals surface area (Å²) in [7, 11) is 2.98. The molecule has 31 heavy (non-hydrogen) atoms. The second-order valence-electron chi connectivity index (χ2n) is 6.87. The van der Waals surface area contributed by atoms with Crippen LogP contribution in [0.3, 0.4) is 0 Å². The Morgan fingerprint density at radius 2 is 1.03 bits per heavy atom. The Hall–Kier alpha value is -2.75. The second-order valence-corrected chi connectivity index (χ2v) is 10.6. The van der Waals surface area contributed by atoms with E-state index < -0.39 is 0 Å². The van der Waals surface area contributed by atoms with E-state index in [1.54, 1.807) is 0 Å². The molecule has 154 valence electrons. The summed E-state index contributed by atoms with van der Waals surface area (Å²) in [5, 5.41) is 11.8. The molecule has 2 amide bonds. The smallest absolute Gasteiger partial charge is 0.267 e. The average molecular weight is 465 g/mol. The molecule has 0 N–H and O–H groups in total. The van der Waals surface area contributed by atoms with Crippen LogP contribution in [-0.2, 0) is 9.59 Å². The van der Waals surface area contributed by atoms with E-state index in [0.29, 0.717) is 22.6 Å². The van der Waals surface area contributed by atoms with E-state index >= 15 is 0 Å². The highest BCUT2D eigenvalue weighted by Crippen LogP contribution is 2.60. The average Bonchev–Trinajstić information content (AvgIpc) is 3.45. The van der Waals surface area contributed by atoms with Gasteiger partial charge in [0.2, 0.25) is 0 Å². The van der Waals surface area contributed by atoms with Gasteiger partial charge >= 0.3 is 0 Å². The van der Waals surface area contributed by atoms with E-state index in [9.17, 15) is 9.59 Å². The third kappa shape index (κ3) is 3.52. The molecule has 2 aromatic carbocycles. The Labute approximate surface area is 191 Å². The van der Waals surface area contributed by atoms with Gasteiger partial charge in [0.25, 0.3) is 11.8 Å². The molecule has 1 saturated heterocycles. The summed E-state index contributed by atoms with van der Waals surface area (Å²) >= 11 is 1.44. The van der Waals surface area contributed by atoms with Gasteiger partial charge in [-0.15, -0.1) is 0 Å². The normalized spacial score (nSPS) is 23.7. The molecule has 0 unspecified atom stereocenters. The van der Waals surface area contributed by atoms with Crippen LogP contribution < -0.4 is 10.0 Å². The van der Waals surface area contributed by atoms with Crippen molar-refractivity contribution in [2.24, 2.45) is 10.2 Å². The lowest BCUT2D eigenvalue weighted by Crippen LogP contribution is -2.21. The molecule has 2 aromatic rings. The first-order chi connectivity index (χ1) is 15.0. The summed E-state index contributed by atoms with van der Waals surface area (Å²) < 4.78 is 1.69. The predicted octanol–water partition coefficient (Wildman–Crippen LogP) is 5.38. The highest BCUT2D eigenvalue weighted by Gasteiger charge is 2.38. The molecule has 3 heterocycles. The summed E-state index contributed by atoms with van der Waals surface area (Å²) in [6.45, 7) is 3.68. The maximum absolute atomic E-state index is 13.1. The van der Waals surface area contributed by atoms with Crippen LogP contribution in [0.2, 0.25) is 0 Å². The molecular formula is C22H16N4O2S3. The maximum atomic E-state index is 13.1. The highest BCUT2D eigenvalue weighted by molar-refractivity contribution is 8.86. The molecule has 6 nitrogen and oxygen atoms in total. The van der Waals surface area contributed by atoms with Gasteiger partial charge < -0.3 is 0 Å². The molecule has 0 atom stereocenters. The molecule has 0 saturated carbocycles. The standard InChI is InChI=1S/C22H16N4O2S3/c1-13-17(19(27)25(23-13)15-9-5-3-6-10-15)21-29-22(31-30-21)18-14(2)24-26(20(18)28)16-11-7-4-8-12-16/h3-12H,1-2H3/b21-17-,22-18+. The quantitative estimate of drug-likeness (QED) is 0.441. The molecule has 0 radical (unpaired) electrons. The lowest BCUT2D eigenvalue weighted by atomic mass is 10.2. The number of hydrogen-bond donors (Lipinski definition) is 0. The number of amides is 2. The Morgan fingerprint density at radius 1 is 0.645 bits per heavy atom. The van der Waals surface area contributed by atoms with Crippen LogP contribution in [0.4, 0.5) is 11.4 Å². The van der Waals surface area contributed by atoms with Gasteiger partial charge in [0.05, 0.1) is 42.4 Å². The van der Waals surface area contributed by atoms with E-state index in [1.165, 1.54) is 43.4 Å². The number of hydrazone groups is 2. The van der Waals surface area contributed by atoms with Crippen LogP contribution in [0.25, 0.3) is 0 Å². The number of anilines is 2. The Bertz CT molecular complexity index is 1120. The SMILES string of the molecule is CC1=NN(c2ccccc2)C(=O)/C1=C1\SS/C(=C2/C(=O)N(c3ccccc3)N=C2C)S1. The fourth-order valence-corrected chi connectivity index (χ4v) is 8.09. The van der Waals surface area contributed by atoms with Crippen molar-refractivity contribution in [3.63, 3.8) is 0 Å². The number of benzene rings is 2. The number of rotatable bonds is 2. The van der Waals surface area contributed by atoms with Crippen molar-refractivity contribution < 1.29 is 9.59 Å². The first kappa shape index (κ1) is 20.2. The van der Waals surface area contributed by atoms with Crippen molar-refractivity contribution >= 4 is 68.0 Å². The van der Waals surface area contributed by atoms with E-state index in [4.69, 9.17) is 0 Å². The summed E-state index contributed by atoms with van der Waals surface area (Å²) in [6, 6.07) is 18.7. The van der Waals surface area contributed by atoms with Gasteiger partial charge in [-0.05, 0) is 59.7 Å². The lowest BCUT2D eigenvalue weighted by Gasteiger charge is -2.11. The number of hydrogen-bond acceptors (Lipinski definition) is 7. The largest absolute Gasteiger partial charge is 0.282 e. The minimum Gasteiger partial charge on any atom is -0.267 e. The predicted molar refractivity (Wildman–Crippen MR) is 131 cm³/mol. The molecular weight excluding hydrogens is 448 g/mol. The molecule has 0 spiro atoms. The van der Waals surface area contributed by atoms with Gasteiger partial charge in [-0.1, -0.05) is 48.2 Å². The minimum absolute atomic E-state index is 0.153. The number of carbonyl (C=O) groups excluding carboxylic acids is 2. The third-order valence-corrected chi connectivity index (χ3v) is 9.28. The third-order valence-electron chi connectivity index (χ3n) is 4.82. The topological polar surface area (TPSA) is 65.3 Å². The first-order valence-corrected chi connectivity index (χ1v) is 12.4. The molecule has 5 rings (SSSR count). The van der Waals surface area contributed by atoms with Crippen LogP contribution in [0, 0.1) is 0 Å². The van der Waals surface area contributed by atoms with Crippen molar-refractivity contribution in [3.8, 4) is 0 Å². The number of nitrogens with zero attached hydrogens (tertiary/aromatic N) is 4. The van der Waals surface area contributed by atoms with Crippen molar-refractivity contribution in [1.29, 1.82) is 0 Å². The summed E-state index contributed by atoms with van der Waals surface area (Å²) in [6.07, 6.45) is 0. The zero-order chi connectivity index (χ0) is 21.5. The van der Waals surface area contributed by atoms with Crippen molar-refractivity contribution in [3.05, 3.63) is 80.3 Å². The first-order valence-electron chi connectivity index (χ1n) is 9.45.